The van der Waals surface area contributed by atoms with Crippen molar-refractivity contribution in [1.29, 1.82) is 0 Å². The van der Waals surface area contributed by atoms with E-state index in [1.54, 1.807) is 18.2 Å². The van der Waals surface area contributed by atoms with Gasteiger partial charge in [0.1, 0.15) is 6.04 Å². The van der Waals surface area contributed by atoms with Gasteiger partial charge in [-0.15, -0.1) is 0 Å². The third-order valence-electron chi connectivity index (χ3n) is 6.84. The normalized spacial score (nSPS) is 20.7. The SMILES string of the molecule is CC(C)CC(NC(=O)c1ccc2c(c1)OCCCO2)C(=O)NC1CCCN(S(=O)(=O)c2cccc[n+]2[O-])C[C@@H]1O. The summed E-state index contributed by atoms with van der Waals surface area (Å²) in [6, 6.07) is 7.32. The Hall–Kier alpha value is -3.42. The number of aliphatic hydroxyl groups is 1. The molecule has 13 heteroatoms. The van der Waals surface area contributed by atoms with Gasteiger partial charge in [0.2, 0.25) is 5.91 Å². The van der Waals surface area contributed by atoms with Crippen molar-refractivity contribution in [3.05, 3.63) is 53.4 Å². The van der Waals surface area contributed by atoms with E-state index < -0.39 is 45.1 Å². The van der Waals surface area contributed by atoms with E-state index in [0.717, 1.165) is 16.9 Å². The van der Waals surface area contributed by atoms with Crippen molar-refractivity contribution in [1.82, 2.24) is 14.9 Å². The lowest BCUT2D eigenvalue weighted by Gasteiger charge is -2.27. The summed E-state index contributed by atoms with van der Waals surface area (Å²) in [7, 11) is -4.15. The quantitative estimate of drug-likeness (QED) is 0.309. The zero-order valence-corrected chi connectivity index (χ0v) is 23.4. The molecule has 0 spiro atoms. The number of aromatic nitrogens is 1. The van der Waals surface area contributed by atoms with Crippen molar-refractivity contribution >= 4 is 21.8 Å². The summed E-state index contributed by atoms with van der Waals surface area (Å²) in [5, 5.41) is 28.1. The Balaban J connectivity index is 1.43. The van der Waals surface area contributed by atoms with Crippen LogP contribution >= 0.6 is 0 Å². The molecule has 3 atom stereocenters. The Morgan fingerprint density at radius 2 is 1.90 bits per heavy atom. The summed E-state index contributed by atoms with van der Waals surface area (Å²) in [4.78, 5) is 26.4. The van der Waals surface area contributed by atoms with Gasteiger partial charge in [-0.05, 0) is 49.4 Å². The van der Waals surface area contributed by atoms with Gasteiger partial charge in [0, 0.05) is 37.2 Å². The number of carbonyl (C=O) groups excluding carboxylic acids is 2. The van der Waals surface area contributed by atoms with Crippen LogP contribution in [0.4, 0.5) is 0 Å². The fraction of sp³-hybridized carbons (Fsp3) is 0.519. The molecule has 1 fully saturated rings. The number of ether oxygens (including phenoxy) is 2. The minimum absolute atomic E-state index is 0.0733. The first-order chi connectivity index (χ1) is 19.1. The molecule has 3 N–H and O–H groups in total. The zero-order valence-electron chi connectivity index (χ0n) is 22.6. The van der Waals surface area contributed by atoms with Crippen LogP contribution in [-0.2, 0) is 14.8 Å². The monoisotopic (exact) mass is 576 g/mol. The molecule has 40 heavy (non-hydrogen) atoms. The molecular weight excluding hydrogens is 540 g/mol. The van der Waals surface area contributed by atoms with Gasteiger partial charge in [-0.25, -0.2) is 8.42 Å². The van der Waals surface area contributed by atoms with Gasteiger partial charge in [-0.2, -0.15) is 9.04 Å². The van der Waals surface area contributed by atoms with E-state index in [0.29, 0.717) is 49.5 Å². The number of β-amino-alcohol motifs (C(OH)–C–C–N with tert-alkyl or cyclic N) is 1. The number of pyridine rings is 1. The summed E-state index contributed by atoms with van der Waals surface area (Å²) in [5.41, 5.74) is 0.317. The third kappa shape index (κ3) is 7.01. The molecule has 2 aliphatic heterocycles. The number of rotatable bonds is 8. The first-order valence-electron chi connectivity index (χ1n) is 13.4. The van der Waals surface area contributed by atoms with E-state index in [-0.39, 0.29) is 23.7 Å². The summed E-state index contributed by atoms with van der Waals surface area (Å²) < 4.78 is 38.8. The highest BCUT2D eigenvalue weighted by Gasteiger charge is 2.37. The number of aliphatic hydroxyl groups excluding tert-OH is 1. The van der Waals surface area contributed by atoms with E-state index in [1.165, 1.54) is 18.2 Å². The number of nitrogens with zero attached hydrogens (tertiary/aromatic N) is 2. The molecule has 4 rings (SSSR count). The van der Waals surface area contributed by atoms with Crippen LogP contribution in [0.15, 0.2) is 47.6 Å². The van der Waals surface area contributed by atoms with Crippen molar-refractivity contribution in [2.45, 2.75) is 62.7 Å². The Kier molecular flexibility index (Phi) is 9.48. The Morgan fingerprint density at radius 3 is 2.62 bits per heavy atom. The van der Waals surface area contributed by atoms with Crippen molar-refractivity contribution in [2.24, 2.45) is 5.92 Å². The van der Waals surface area contributed by atoms with E-state index >= 15 is 0 Å². The van der Waals surface area contributed by atoms with Crippen LogP contribution in [0.3, 0.4) is 0 Å². The second-order valence-electron chi connectivity index (χ2n) is 10.4. The molecule has 2 unspecified atom stereocenters. The molecule has 0 aliphatic carbocycles. The van der Waals surface area contributed by atoms with Crippen molar-refractivity contribution in [2.75, 3.05) is 26.3 Å². The first kappa shape index (κ1) is 29.6. The van der Waals surface area contributed by atoms with Gasteiger partial charge < -0.3 is 30.4 Å². The molecule has 218 valence electrons. The number of hydrogen-bond donors (Lipinski definition) is 3. The van der Waals surface area contributed by atoms with Crippen LogP contribution in [0.5, 0.6) is 11.5 Å². The molecule has 3 heterocycles. The molecule has 0 radical (unpaired) electrons. The second kappa shape index (κ2) is 12.8. The summed E-state index contributed by atoms with van der Waals surface area (Å²) >= 11 is 0. The highest BCUT2D eigenvalue weighted by Crippen LogP contribution is 2.30. The van der Waals surface area contributed by atoms with Gasteiger partial charge in [0.05, 0.1) is 25.4 Å². The Morgan fingerprint density at radius 1 is 1.15 bits per heavy atom. The molecule has 2 amide bonds. The topological polar surface area (TPSA) is 161 Å². The lowest BCUT2D eigenvalue weighted by Crippen LogP contribution is -2.54. The average molecular weight is 577 g/mol. The lowest BCUT2D eigenvalue weighted by molar-refractivity contribution is -0.646. The minimum Gasteiger partial charge on any atom is -0.618 e. The largest absolute Gasteiger partial charge is 0.618 e. The van der Waals surface area contributed by atoms with Crippen LogP contribution in [0.1, 0.15) is 49.9 Å². The van der Waals surface area contributed by atoms with Gasteiger partial charge in [-0.1, -0.05) is 13.8 Å². The first-order valence-corrected chi connectivity index (χ1v) is 14.9. The van der Waals surface area contributed by atoms with E-state index in [2.05, 4.69) is 10.6 Å². The van der Waals surface area contributed by atoms with Crippen LogP contribution < -0.4 is 24.8 Å². The molecular formula is C27H36N4O8S. The highest BCUT2D eigenvalue weighted by molar-refractivity contribution is 7.88. The number of benzene rings is 1. The third-order valence-corrected chi connectivity index (χ3v) is 8.69. The second-order valence-corrected chi connectivity index (χ2v) is 12.3. The molecule has 2 aliphatic rings. The Labute approximate surface area is 233 Å². The summed E-state index contributed by atoms with van der Waals surface area (Å²) in [6.07, 6.45) is 1.63. The molecule has 0 bridgehead atoms. The fourth-order valence-electron chi connectivity index (χ4n) is 4.77. The van der Waals surface area contributed by atoms with Crippen molar-refractivity contribution < 1.29 is 37.3 Å². The van der Waals surface area contributed by atoms with Gasteiger partial charge in [0.15, 0.2) is 17.7 Å². The summed E-state index contributed by atoms with van der Waals surface area (Å²) in [5.74, 6) is 0.167. The lowest BCUT2D eigenvalue weighted by atomic mass is 10.0. The molecule has 1 aromatic heterocycles. The van der Waals surface area contributed by atoms with E-state index in [4.69, 9.17) is 9.47 Å². The number of fused-ring (bicyclic) bond motifs is 1. The molecule has 2 aromatic rings. The molecule has 12 nitrogen and oxygen atoms in total. The summed E-state index contributed by atoms with van der Waals surface area (Å²) in [6.45, 7) is 4.64. The van der Waals surface area contributed by atoms with Gasteiger partial charge >= 0.3 is 15.0 Å². The number of carbonyl (C=O) groups is 2. The predicted octanol–water partition coefficient (Wildman–Crippen LogP) is 0.956. The van der Waals surface area contributed by atoms with Crippen LogP contribution in [0, 0.1) is 11.1 Å². The minimum atomic E-state index is -4.15. The highest BCUT2D eigenvalue weighted by atomic mass is 32.2. The van der Waals surface area contributed by atoms with Crippen molar-refractivity contribution in [3.8, 4) is 11.5 Å². The van der Waals surface area contributed by atoms with Crippen LogP contribution in [0.25, 0.3) is 0 Å². The van der Waals surface area contributed by atoms with Crippen LogP contribution in [-0.4, -0.2) is 74.1 Å². The van der Waals surface area contributed by atoms with Crippen LogP contribution in [0.2, 0.25) is 0 Å². The standard InChI is InChI=1S/C27H36N4O8S/c1-18(2)15-21(29-26(33)19-9-10-23-24(16-19)39-14-6-13-38-23)27(34)28-20-7-5-11-30(17-22(20)32)40(36,37)25-8-3-4-12-31(25)35/h3-4,8-10,12,16,18,20-22,32H,5-7,11,13-15,17H2,1-2H3,(H,28,34)(H,29,33)/t20?,21?,22-/m0/s1. The van der Waals surface area contributed by atoms with Gasteiger partial charge in [0.25, 0.3) is 5.91 Å². The smallest absolute Gasteiger partial charge is 0.323 e. The number of nitrogens with one attached hydrogen (secondary N) is 2. The van der Waals surface area contributed by atoms with E-state index in [9.17, 15) is 28.3 Å². The predicted molar refractivity (Wildman–Crippen MR) is 144 cm³/mol. The maximum atomic E-state index is 13.3. The number of amides is 2. The molecule has 1 aromatic carbocycles. The molecule has 1 saturated heterocycles. The average Bonchev–Trinajstić information content (AvgIpc) is 3.26. The van der Waals surface area contributed by atoms with E-state index in [1.807, 2.05) is 13.8 Å². The number of hydrogen-bond acceptors (Lipinski definition) is 8. The van der Waals surface area contributed by atoms with Gasteiger partial charge in [-0.3, -0.25) is 9.59 Å². The van der Waals surface area contributed by atoms with Crippen molar-refractivity contribution in [3.63, 3.8) is 0 Å². The zero-order chi connectivity index (χ0) is 28.9. The number of sulfonamides is 1. The maximum Gasteiger partial charge on any atom is 0.323 e. The maximum absolute atomic E-state index is 13.3. The fourth-order valence-corrected chi connectivity index (χ4v) is 6.29. The Bertz CT molecular complexity index is 1320. The molecule has 0 saturated carbocycles.